The maximum atomic E-state index is 11.1. The van der Waals surface area contributed by atoms with Gasteiger partial charge >= 0.3 is 5.97 Å². The molecule has 1 aliphatic carbocycles. The lowest BCUT2D eigenvalue weighted by Crippen LogP contribution is -2.49. The molecule has 5 heteroatoms. The predicted molar refractivity (Wildman–Crippen MR) is 84.0 cm³/mol. The van der Waals surface area contributed by atoms with E-state index < -0.39 is 5.97 Å². The molecule has 1 aromatic carbocycles. The Bertz CT molecular complexity index is 498. The van der Waals surface area contributed by atoms with E-state index in [2.05, 4.69) is 21.9 Å². The van der Waals surface area contributed by atoms with Gasteiger partial charge in [0.25, 0.3) is 0 Å². The van der Waals surface area contributed by atoms with Gasteiger partial charge in [-0.05, 0) is 43.5 Å². The Morgan fingerprint density at radius 1 is 1.10 bits per heavy atom. The van der Waals surface area contributed by atoms with Crippen LogP contribution in [0.4, 0.5) is 5.69 Å². The van der Waals surface area contributed by atoms with E-state index in [9.17, 15) is 4.79 Å². The Balaban J connectivity index is 1.53. The largest absolute Gasteiger partial charge is 0.481 e. The number of anilines is 1. The molecule has 1 saturated carbocycles. The summed E-state index contributed by atoms with van der Waals surface area (Å²) in [6.45, 7) is 4.02. The van der Waals surface area contributed by atoms with Crippen molar-refractivity contribution >= 4 is 23.3 Å². The van der Waals surface area contributed by atoms with Crippen molar-refractivity contribution in [1.82, 2.24) is 4.90 Å². The molecule has 4 nitrogen and oxygen atoms in total. The minimum atomic E-state index is -0.627. The van der Waals surface area contributed by atoms with Crippen LogP contribution in [-0.2, 0) is 4.79 Å². The second kappa shape index (κ2) is 6.24. The van der Waals surface area contributed by atoms with Crippen LogP contribution in [0.3, 0.4) is 0 Å². The molecule has 21 heavy (non-hydrogen) atoms. The van der Waals surface area contributed by atoms with E-state index in [-0.39, 0.29) is 5.92 Å². The smallest absolute Gasteiger partial charge is 0.306 e. The number of piperazine rings is 1. The molecule has 114 valence electrons. The first-order valence-electron chi connectivity index (χ1n) is 7.61. The molecule has 2 fully saturated rings. The van der Waals surface area contributed by atoms with Crippen LogP contribution in [0, 0.1) is 5.92 Å². The molecule has 0 radical (unpaired) electrons. The Labute approximate surface area is 130 Å². The number of carbonyl (C=O) groups is 1. The molecule has 1 aromatic rings. The Morgan fingerprint density at radius 2 is 1.76 bits per heavy atom. The quantitative estimate of drug-likeness (QED) is 0.932. The van der Waals surface area contributed by atoms with Crippen molar-refractivity contribution in [2.24, 2.45) is 5.92 Å². The number of hydrogen-bond acceptors (Lipinski definition) is 3. The van der Waals surface area contributed by atoms with E-state index in [1.165, 1.54) is 5.69 Å². The summed E-state index contributed by atoms with van der Waals surface area (Å²) in [4.78, 5) is 15.9. The van der Waals surface area contributed by atoms with Crippen LogP contribution >= 0.6 is 11.6 Å². The molecule has 0 bridgehead atoms. The molecule has 1 saturated heterocycles. The third-order valence-corrected chi connectivity index (χ3v) is 5.03. The topological polar surface area (TPSA) is 43.8 Å². The van der Waals surface area contributed by atoms with E-state index in [0.717, 1.165) is 50.5 Å². The summed E-state index contributed by atoms with van der Waals surface area (Å²) in [5, 5.41) is 9.87. The zero-order valence-electron chi connectivity index (χ0n) is 12.0. The van der Waals surface area contributed by atoms with Crippen LogP contribution in [0.1, 0.15) is 19.3 Å². The first-order valence-corrected chi connectivity index (χ1v) is 7.98. The number of carboxylic acid groups (broad SMARTS) is 1. The van der Waals surface area contributed by atoms with Crippen LogP contribution in [0.5, 0.6) is 0 Å². The minimum Gasteiger partial charge on any atom is -0.481 e. The average Bonchev–Trinajstić information content (AvgIpc) is 2.98. The molecule has 1 aliphatic heterocycles. The monoisotopic (exact) mass is 308 g/mol. The molecule has 0 aromatic heterocycles. The Morgan fingerprint density at radius 3 is 2.33 bits per heavy atom. The van der Waals surface area contributed by atoms with E-state index in [0.29, 0.717) is 6.04 Å². The second-order valence-electron chi connectivity index (χ2n) is 6.00. The van der Waals surface area contributed by atoms with Gasteiger partial charge < -0.3 is 10.0 Å². The Hall–Kier alpha value is -1.26. The molecule has 2 atom stereocenters. The summed E-state index contributed by atoms with van der Waals surface area (Å²) in [6.07, 6.45) is 2.67. The van der Waals surface area contributed by atoms with Gasteiger partial charge in [0.1, 0.15) is 0 Å². The van der Waals surface area contributed by atoms with Crippen molar-refractivity contribution in [3.05, 3.63) is 29.3 Å². The fourth-order valence-corrected chi connectivity index (χ4v) is 3.64. The molecular weight excluding hydrogens is 288 g/mol. The third kappa shape index (κ3) is 3.33. The van der Waals surface area contributed by atoms with Gasteiger partial charge in [0.05, 0.1) is 5.92 Å². The molecule has 3 rings (SSSR count). The highest BCUT2D eigenvalue weighted by molar-refractivity contribution is 6.30. The maximum absolute atomic E-state index is 11.1. The van der Waals surface area contributed by atoms with Gasteiger partial charge in [-0.25, -0.2) is 0 Å². The van der Waals surface area contributed by atoms with E-state index in [1.807, 2.05) is 12.1 Å². The van der Waals surface area contributed by atoms with Crippen molar-refractivity contribution in [1.29, 1.82) is 0 Å². The highest BCUT2D eigenvalue weighted by Gasteiger charge is 2.34. The second-order valence-corrected chi connectivity index (χ2v) is 6.44. The van der Waals surface area contributed by atoms with Crippen molar-refractivity contribution < 1.29 is 9.90 Å². The Kier molecular flexibility index (Phi) is 4.36. The summed E-state index contributed by atoms with van der Waals surface area (Å²) >= 11 is 5.92. The molecule has 0 spiro atoms. The molecule has 2 aliphatic rings. The van der Waals surface area contributed by atoms with Gasteiger partial charge in [0.15, 0.2) is 0 Å². The number of nitrogens with zero attached hydrogens (tertiary/aromatic N) is 2. The third-order valence-electron chi connectivity index (χ3n) is 4.78. The predicted octanol–water partition coefficient (Wildman–Crippen LogP) is 2.72. The summed E-state index contributed by atoms with van der Waals surface area (Å²) < 4.78 is 0. The SMILES string of the molecule is O=C(O)C1CCC(N2CCN(c3ccc(Cl)cc3)CC2)C1. The van der Waals surface area contributed by atoms with Crippen molar-refractivity contribution in [2.45, 2.75) is 25.3 Å². The van der Waals surface area contributed by atoms with Gasteiger partial charge in [-0.1, -0.05) is 11.6 Å². The van der Waals surface area contributed by atoms with Gasteiger partial charge in [0.2, 0.25) is 0 Å². The van der Waals surface area contributed by atoms with E-state index in [1.54, 1.807) is 0 Å². The highest BCUT2D eigenvalue weighted by Crippen LogP contribution is 2.30. The van der Waals surface area contributed by atoms with Crippen molar-refractivity contribution in [3.8, 4) is 0 Å². The maximum Gasteiger partial charge on any atom is 0.306 e. The highest BCUT2D eigenvalue weighted by atomic mass is 35.5. The minimum absolute atomic E-state index is 0.135. The number of halogens is 1. The van der Waals surface area contributed by atoms with E-state index >= 15 is 0 Å². The lowest BCUT2D eigenvalue weighted by molar-refractivity contribution is -0.141. The fourth-order valence-electron chi connectivity index (χ4n) is 3.51. The zero-order valence-corrected chi connectivity index (χ0v) is 12.8. The van der Waals surface area contributed by atoms with Crippen LogP contribution < -0.4 is 4.90 Å². The average molecular weight is 309 g/mol. The van der Waals surface area contributed by atoms with Gasteiger partial charge in [-0.3, -0.25) is 9.69 Å². The van der Waals surface area contributed by atoms with Crippen molar-refractivity contribution in [2.75, 3.05) is 31.1 Å². The standard InChI is InChI=1S/C16H21ClN2O2/c17-13-2-5-14(6-3-13)18-7-9-19(10-8-18)15-4-1-12(11-15)16(20)21/h2-3,5-6,12,15H,1,4,7-11H2,(H,20,21). The van der Waals surface area contributed by atoms with Gasteiger partial charge in [-0.15, -0.1) is 0 Å². The van der Waals surface area contributed by atoms with Crippen LogP contribution in [-0.4, -0.2) is 48.2 Å². The van der Waals surface area contributed by atoms with Crippen molar-refractivity contribution in [3.63, 3.8) is 0 Å². The summed E-state index contributed by atoms with van der Waals surface area (Å²) in [6, 6.07) is 8.44. The number of hydrogen-bond donors (Lipinski definition) is 1. The molecule has 0 amide bonds. The molecule has 2 unspecified atom stereocenters. The van der Waals surface area contributed by atoms with Crippen LogP contribution in [0.15, 0.2) is 24.3 Å². The lowest BCUT2D eigenvalue weighted by Gasteiger charge is -2.39. The number of rotatable bonds is 3. The van der Waals surface area contributed by atoms with Crippen LogP contribution in [0.25, 0.3) is 0 Å². The first kappa shape index (κ1) is 14.7. The first-order chi connectivity index (χ1) is 10.1. The lowest BCUT2D eigenvalue weighted by atomic mass is 10.1. The molecule has 1 N–H and O–H groups in total. The number of carboxylic acids is 1. The number of aliphatic carboxylic acids is 1. The summed E-state index contributed by atoms with van der Waals surface area (Å²) in [5.41, 5.74) is 1.22. The fraction of sp³-hybridized carbons (Fsp3) is 0.562. The summed E-state index contributed by atoms with van der Waals surface area (Å²) in [5.74, 6) is -0.762. The zero-order chi connectivity index (χ0) is 14.8. The normalized spacial score (nSPS) is 27.0. The molecular formula is C16H21ClN2O2. The summed E-state index contributed by atoms with van der Waals surface area (Å²) in [7, 11) is 0. The van der Waals surface area contributed by atoms with Crippen LogP contribution in [0.2, 0.25) is 5.02 Å². The van der Waals surface area contributed by atoms with Gasteiger partial charge in [0, 0.05) is 42.9 Å². The molecule has 1 heterocycles. The van der Waals surface area contributed by atoms with E-state index in [4.69, 9.17) is 16.7 Å². The van der Waals surface area contributed by atoms with Gasteiger partial charge in [-0.2, -0.15) is 0 Å². The number of benzene rings is 1.